The summed E-state index contributed by atoms with van der Waals surface area (Å²) in [5.41, 5.74) is 1.46. The summed E-state index contributed by atoms with van der Waals surface area (Å²) < 4.78 is 7.04. The third-order valence-electron chi connectivity index (χ3n) is 3.91. The van der Waals surface area contributed by atoms with Crippen LogP contribution in [0.2, 0.25) is 0 Å². The van der Waals surface area contributed by atoms with Gasteiger partial charge < -0.3 is 15.4 Å². The zero-order valence-electron chi connectivity index (χ0n) is 16.1. The van der Waals surface area contributed by atoms with Crippen molar-refractivity contribution in [3.8, 4) is 11.8 Å². The Morgan fingerprint density at radius 3 is 2.57 bits per heavy atom. The first-order valence-corrected chi connectivity index (χ1v) is 9.06. The van der Waals surface area contributed by atoms with Crippen LogP contribution in [0.4, 0.5) is 17.2 Å². The molecule has 0 fully saturated rings. The van der Waals surface area contributed by atoms with Crippen LogP contribution < -0.4 is 15.4 Å². The van der Waals surface area contributed by atoms with Crippen molar-refractivity contribution in [2.45, 2.75) is 6.92 Å². The lowest BCUT2D eigenvalue weighted by molar-refractivity contribution is -0.118. The minimum atomic E-state index is -0.306. The van der Waals surface area contributed by atoms with E-state index in [0.717, 1.165) is 5.69 Å². The third-order valence-corrected chi connectivity index (χ3v) is 3.91. The highest BCUT2D eigenvalue weighted by atomic mass is 16.5. The molecule has 0 aliphatic carbocycles. The number of carbonyl (C=O) groups is 1. The summed E-state index contributed by atoms with van der Waals surface area (Å²) in [6.45, 7) is 1.65. The minimum absolute atomic E-state index is 0.155. The lowest BCUT2D eigenvalue weighted by Gasteiger charge is -2.10. The standard InChI is InChI=1S/C20H18N8O2/c1-14-24-17(11-18(25-14)28-10-9-21-13-28)26-15-3-5-16(6-4-15)27-19(29)12-30-20-22-7-2-8-23-20/h2-11,13H,12H2,1H3,(H,27,29)(H,24,25,26). The van der Waals surface area contributed by atoms with Crippen LogP contribution >= 0.6 is 0 Å². The first kappa shape index (κ1) is 19.0. The largest absolute Gasteiger partial charge is 0.453 e. The van der Waals surface area contributed by atoms with E-state index in [2.05, 4.69) is 35.6 Å². The van der Waals surface area contributed by atoms with Crippen molar-refractivity contribution in [1.29, 1.82) is 0 Å². The Bertz CT molecular complexity index is 1120. The van der Waals surface area contributed by atoms with E-state index in [0.29, 0.717) is 23.1 Å². The van der Waals surface area contributed by atoms with Gasteiger partial charge in [-0.2, -0.15) is 0 Å². The summed E-state index contributed by atoms with van der Waals surface area (Å²) in [6.07, 6.45) is 8.27. The second-order valence-corrected chi connectivity index (χ2v) is 6.20. The zero-order chi connectivity index (χ0) is 20.8. The molecule has 0 aliphatic heterocycles. The number of ether oxygens (including phenoxy) is 1. The molecule has 30 heavy (non-hydrogen) atoms. The zero-order valence-corrected chi connectivity index (χ0v) is 16.1. The van der Waals surface area contributed by atoms with Gasteiger partial charge in [0, 0.05) is 42.2 Å². The van der Waals surface area contributed by atoms with E-state index in [1.807, 2.05) is 31.3 Å². The average Bonchev–Trinajstić information content (AvgIpc) is 3.29. The molecule has 1 aromatic carbocycles. The maximum Gasteiger partial charge on any atom is 0.316 e. The van der Waals surface area contributed by atoms with Gasteiger partial charge >= 0.3 is 6.01 Å². The van der Waals surface area contributed by atoms with Gasteiger partial charge in [-0.25, -0.2) is 24.9 Å². The SMILES string of the molecule is Cc1nc(Nc2ccc(NC(=O)COc3ncccn3)cc2)cc(-n2ccnc2)n1. The molecule has 0 saturated heterocycles. The molecule has 0 aliphatic rings. The van der Waals surface area contributed by atoms with E-state index >= 15 is 0 Å². The molecule has 0 bridgehead atoms. The van der Waals surface area contributed by atoms with Crippen LogP contribution in [0.25, 0.3) is 5.82 Å². The fourth-order valence-electron chi connectivity index (χ4n) is 2.61. The Labute approximate surface area is 172 Å². The van der Waals surface area contributed by atoms with Crippen LogP contribution in [-0.2, 0) is 4.79 Å². The van der Waals surface area contributed by atoms with Gasteiger partial charge in [0.1, 0.15) is 23.8 Å². The van der Waals surface area contributed by atoms with E-state index in [1.54, 1.807) is 47.7 Å². The van der Waals surface area contributed by atoms with Crippen molar-refractivity contribution in [2.24, 2.45) is 0 Å². The van der Waals surface area contributed by atoms with Crippen molar-refractivity contribution in [3.05, 3.63) is 73.3 Å². The molecule has 4 rings (SSSR count). The quantitative estimate of drug-likeness (QED) is 0.484. The molecule has 10 nitrogen and oxygen atoms in total. The van der Waals surface area contributed by atoms with Gasteiger partial charge in [0.2, 0.25) is 0 Å². The van der Waals surface area contributed by atoms with Crippen molar-refractivity contribution in [3.63, 3.8) is 0 Å². The Morgan fingerprint density at radius 1 is 1.07 bits per heavy atom. The van der Waals surface area contributed by atoms with E-state index in [4.69, 9.17) is 4.74 Å². The molecule has 4 aromatic rings. The molecular weight excluding hydrogens is 384 g/mol. The molecule has 0 radical (unpaired) electrons. The fraction of sp³-hybridized carbons (Fsp3) is 0.100. The van der Waals surface area contributed by atoms with E-state index in [-0.39, 0.29) is 18.5 Å². The topological polar surface area (TPSA) is 120 Å². The van der Waals surface area contributed by atoms with Gasteiger partial charge in [-0.3, -0.25) is 9.36 Å². The molecule has 0 atom stereocenters. The van der Waals surface area contributed by atoms with Crippen molar-refractivity contribution >= 4 is 23.1 Å². The molecular formula is C20H18N8O2. The molecule has 10 heteroatoms. The van der Waals surface area contributed by atoms with Gasteiger partial charge in [0.25, 0.3) is 5.91 Å². The predicted octanol–water partition coefficient (Wildman–Crippen LogP) is 2.52. The van der Waals surface area contributed by atoms with Crippen LogP contribution in [0, 0.1) is 6.92 Å². The molecule has 2 N–H and O–H groups in total. The van der Waals surface area contributed by atoms with Crippen LogP contribution in [0.1, 0.15) is 5.82 Å². The van der Waals surface area contributed by atoms with Crippen LogP contribution in [0.3, 0.4) is 0 Å². The summed E-state index contributed by atoms with van der Waals surface area (Å²) >= 11 is 0. The summed E-state index contributed by atoms with van der Waals surface area (Å²) in [7, 11) is 0. The lowest BCUT2D eigenvalue weighted by Crippen LogP contribution is -2.20. The lowest BCUT2D eigenvalue weighted by atomic mass is 10.2. The monoisotopic (exact) mass is 402 g/mol. The number of carbonyl (C=O) groups excluding carboxylic acids is 1. The fourth-order valence-corrected chi connectivity index (χ4v) is 2.61. The van der Waals surface area contributed by atoms with Gasteiger partial charge in [-0.1, -0.05) is 0 Å². The first-order chi connectivity index (χ1) is 14.7. The highest BCUT2D eigenvalue weighted by Crippen LogP contribution is 2.19. The number of hydrogen-bond donors (Lipinski definition) is 2. The number of aromatic nitrogens is 6. The number of nitrogens with zero attached hydrogens (tertiary/aromatic N) is 6. The van der Waals surface area contributed by atoms with Crippen LogP contribution in [-0.4, -0.2) is 42.0 Å². The Balaban J connectivity index is 1.36. The number of amides is 1. The Kier molecular flexibility index (Phi) is 5.56. The van der Waals surface area contributed by atoms with Gasteiger partial charge in [0.15, 0.2) is 6.61 Å². The van der Waals surface area contributed by atoms with Crippen molar-refractivity contribution < 1.29 is 9.53 Å². The molecule has 3 aromatic heterocycles. The second kappa shape index (κ2) is 8.78. The smallest absolute Gasteiger partial charge is 0.316 e. The van der Waals surface area contributed by atoms with Gasteiger partial charge in [-0.05, 0) is 37.3 Å². The first-order valence-electron chi connectivity index (χ1n) is 9.06. The van der Waals surface area contributed by atoms with Gasteiger partial charge in [0.05, 0.1) is 0 Å². The maximum atomic E-state index is 12.0. The van der Waals surface area contributed by atoms with Gasteiger partial charge in [-0.15, -0.1) is 0 Å². The summed E-state index contributed by atoms with van der Waals surface area (Å²) in [6, 6.07) is 10.9. The molecule has 3 heterocycles. The number of benzene rings is 1. The maximum absolute atomic E-state index is 12.0. The molecule has 1 amide bonds. The Morgan fingerprint density at radius 2 is 1.83 bits per heavy atom. The predicted molar refractivity (Wildman–Crippen MR) is 110 cm³/mol. The molecule has 0 saturated carbocycles. The Hall–Kier alpha value is -4.34. The van der Waals surface area contributed by atoms with Crippen LogP contribution in [0.15, 0.2) is 67.5 Å². The number of hydrogen-bond acceptors (Lipinski definition) is 8. The third kappa shape index (κ3) is 4.93. The number of imidazole rings is 1. The number of anilines is 3. The van der Waals surface area contributed by atoms with Crippen LogP contribution in [0.5, 0.6) is 6.01 Å². The highest BCUT2D eigenvalue weighted by molar-refractivity contribution is 5.92. The molecule has 150 valence electrons. The highest BCUT2D eigenvalue weighted by Gasteiger charge is 2.07. The summed E-state index contributed by atoms with van der Waals surface area (Å²) in [5.74, 6) is 1.70. The average molecular weight is 402 g/mol. The number of aryl methyl sites for hydroxylation is 1. The summed E-state index contributed by atoms with van der Waals surface area (Å²) in [5, 5.41) is 5.99. The minimum Gasteiger partial charge on any atom is -0.453 e. The normalized spacial score (nSPS) is 10.4. The number of rotatable bonds is 7. The van der Waals surface area contributed by atoms with E-state index in [1.165, 1.54) is 0 Å². The van der Waals surface area contributed by atoms with Crippen molar-refractivity contribution in [1.82, 2.24) is 29.5 Å². The van der Waals surface area contributed by atoms with E-state index < -0.39 is 0 Å². The van der Waals surface area contributed by atoms with Crippen molar-refractivity contribution in [2.75, 3.05) is 17.2 Å². The molecule has 0 spiro atoms. The molecule has 0 unspecified atom stereocenters. The summed E-state index contributed by atoms with van der Waals surface area (Å²) in [4.78, 5) is 32.7. The number of nitrogens with one attached hydrogen (secondary N) is 2. The second-order valence-electron chi connectivity index (χ2n) is 6.20. The van der Waals surface area contributed by atoms with E-state index in [9.17, 15) is 4.79 Å².